The first kappa shape index (κ1) is 27.0. The number of nitrogens with one attached hydrogen (secondary N) is 1. The molecule has 7 nitrogen and oxygen atoms in total. The van der Waals surface area contributed by atoms with Gasteiger partial charge in [0, 0.05) is 49.4 Å². The van der Waals surface area contributed by atoms with Crippen molar-refractivity contribution in [2.75, 3.05) is 38.1 Å². The molecule has 1 N–H and O–H groups in total. The smallest absolute Gasteiger partial charge is 0.246 e. The number of hydrogen-bond donors (Lipinski definition) is 1. The van der Waals surface area contributed by atoms with Crippen LogP contribution >= 0.6 is 22.9 Å². The van der Waals surface area contributed by atoms with Gasteiger partial charge in [-0.25, -0.2) is 14.4 Å². The van der Waals surface area contributed by atoms with E-state index in [1.807, 2.05) is 11.0 Å². The minimum atomic E-state index is -0.466. The number of hydrogen-bond acceptors (Lipinski definition) is 7. The Kier molecular flexibility index (Phi) is 8.57. The van der Waals surface area contributed by atoms with Crippen LogP contribution in [0.1, 0.15) is 37.1 Å². The van der Waals surface area contributed by atoms with Crippen LogP contribution in [-0.2, 0) is 22.5 Å². The molecule has 0 aliphatic carbocycles. The van der Waals surface area contributed by atoms with E-state index in [0.29, 0.717) is 36.6 Å². The topological polar surface area (TPSA) is 70.6 Å². The van der Waals surface area contributed by atoms with E-state index in [1.165, 1.54) is 12.4 Å². The van der Waals surface area contributed by atoms with Crippen LogP contribution in [0.25, 0.3) is 10.2 Å². The Labute approximate surface area is 231 Å². The lowest BCUT2D eigenvalue weighted by atomic mass is 10.0. The van der Waals surface area contributed by atoms with Crippen LogP contribution in [0.15, 0.2) is 36.7 Å². The number of fused-ring (bicyclic) bond motifs is 3. The molecule has 0 radical (unpaired) electrons. The maximum Gasteiger partial charge on any atom is 0.246 e. The zero-order valence-electron chi connectivity index (χ0n) is 21.8. The minimum Gasteiger partial charge on any atom is -0.377 e. The monoisotopic (exact) mass is 557 g/mol. The summed E-state index contributed by atoms with van der Waals surface area (Å²) in [6.07, 6.45) is 8.49. The molecule has 1 atom stereocenters. The van der Waals surface area contributed by atoms with E-state index in [2.05, 4.69) is 34.0 Å². The van der Waals surface area contributed by atoms with E-state index in [1.54, 1.807) is 29.5 Å². The molecule has 1 fully saturated rings. The zero-order chi connectivity index (χ0) is 26.6. The average Bonchev–Trinajstić information content (AvgIpc) is 3.53. The highest BCUT2D eigenvalue weighted by molar-refractivity contribution is 7.19. The highest BCUT2D eigenvalue weighted by Crippen LogP contribution is 2.38. The van der Waals surface area contributed by atoms with Crippen molar-refractivity contribution in [3.63, 3.8) is 0 Å². The van der Waals surface area contributed by atoms with Crippen molar-refractivity contribution in [3.05, 3.63) is 58.0 Å². The number of aromatic nitrogens is 2. The molecule has 0 spiro atoms. The second kappa shape index (κ2) is 12.1. The van der Waals surface area contributed by atoms with E-state index >= 15 is 0 Å². The molecule has 2 aliphatic heterocycles. The number of benzene rings is 1. The van der Waals surface area contributed by atoms with Crippen LogP contribution < -0.4 is 5.32 Å². The van der Waals surface area contributed by atoms with Crippen LogP contribution in [0.2, 0.25) is 5.02 Å². The third kappa shape index (κ3) is 6.34. The molecule has 1 aromatic carbocycles. The van der Waals surface area contributed by atoms with Gasteiger partial charge in [0.2, 0.25) is 5.91 Å². The Balaban J connectivity index is 1.25. The van der Waals surface area contributed by atoms with Gasteiger partial charge in [0.05, 0.1) is 23.1 Å². The lowest BCUT2D eigenvalue weighted by molar-refractivity contribution is -0.126. The van der Waals surface area contributed by atoms with E-state index < -0.39 is 5.82 Å². The van der Waals surface area contributed by atoms with Gasteiger partial charge in [-0.3, -0.25) is 9.69 Å². The Bertz CT molecular complexity index is 1320. The van der Waals surface area contributed by atoms with Gasteiger partial charge in [-0.15, -0.1) is 11.3 Å². The lowest BCUT2D eigenvalue weighted by Gasteiger charge is -2.27. The second-order valence-corrected chi connectivity index (χ2v) is 11.8. The van der Waals surface area contributed by atoms with E-state index in [9.17, 15) is 9.18 Å². The molecule has 10 heteroatoms. The molecule has 2 aromatic heterocycles. The molecule has 3 aromatic rings. The summed E-state index contributed by atoms with van der Waals surface area (Å²) in [5.41, 5.74) is 1.81. The van der Waals surface area contributed by atoms with Gasteiger partial charge in [-0.05, 0) is 48.9 Å². The Morgan fingerprint density at radius 2 is 2.26 bits per heavy atom. The molecule has 1 saturated heterocycles. The lowest BCUT2D eigenvalue weighted by Crippen LogP contribution is -2.36. The molecule has 0 bridgehead atoms. The minimum absolute atomic E-state index is 0.0279. The number of amides is 1. The fourth-order valence-corrected chi connectivity index (χ4v) is 6.53. The number of carbonyl (C=O) groups is 1. The van der Waals surface area contributed by atoms with Crippen molar-refractivity contribution in [2.45, 2.75) is 45.8 Å². The van der Waals surface area contributed by atoms with Gasteiger partial charge in [0.1, 0.15) is 22.8 Å². The molecule has 5 rings (SSSR count). The Hall–Kier alpha value is -2.59. The van der Waals surface area contributed by atoms with Crippen LogP contribution in [0.4, 0.5) is 15.9 Å². The summed E-state index contributed by atoms with van der Waals surface area (Å²) in [5.74, 6) is 0.773. The molecule has 1 unspecified atom stereocenters. The number of thiophene rings is 1. The van der Waals surface area contributed by atoms with Gasteiger partial charge in [0.25, 0.3) is 0 Å². The first-order valence-corrected chi connectivity index (χ1v) is 14.3. The third-order valence-corrected chi connectivity index (χ3v) is 8.28. The second-order valence-electron chi connectivity index (χ2n) is 10.3. The fraction of sp³-hybridized carbons (Fsp3) is 0.464. The van der Waals surface area contributed by atoms with Crippen molar-refractivity contribution >= 4 is 50.6 Å². The van der Waals surface area contributed by atoms with Gasteiger partial charge in [0.15, 0.2) is 0 Å². The number of nitrogens with zero attached hydrogens (tertiary/aromatic N) is 4. The van der Waals surface area contributed by atoms with Crippen LogP contribution in [0.5, 0.6) is 0 Å². The van der Waals surface area contributed by atoms with Crippen molar-refractivity contribution in [1.29, 1.82) is 0 Å². The summed E-state index contributed by atoms with van der Waals surface area (Å²) in [4.78, 5) is 28.2. The number of rotatable bonds is 9. The largest absolute Gasteiger partial charge is 0.377 e. The van der Waals surface area contributed by atoms with Crippen molar-refractivity contribution in [2.24, 2.45) is 5.92 Å². The number of halogens is 2. The number of carbonyl (C=O) groups excluding carboxylic acids is 1. The van der Waals surface area contributed by atoms with Gasteiger partial charge < -0.3 is 15.0 Å². The molecule has 1 amide bonds. The summed E-state index contributed by atoms with van der Waals surface area (Å²) in [6.45, 7) is 9.09. The Morgan fingerprint density at radius 3 is 3.03 bits per heavy atom. The summed E-state index contributed by atoms with van der Waals surface area (Å²) >= 11 is 7.54. The summed E-state index contributed by atoms with van der Waals surface area (Å²) in [7, 11) is 0. The van der Waals surface area contributed by atoms with Gasteiger partial charge >= 0.3 is 0 Å². The predicted octanol–water partition coefficient (Wildman–Crippen LogP) is 5.81. The van der Waals surface area contributed by atoms with Crippen molar-refractivity contribution < 1.29 is 13.9 Å². The molecular formula is C28H33ClFN5O2S. The molecule has 0 saturated carbocycles. The first-order valence-electron chi connectivity index (χ1n) is 13.1. The van der Waals surface area contributed by atoms with Crippen molar-refractivity contribution in [1.82, 2.24) is 19.8 Å². The van der Waals surface area contributed by atoms with Crippen LogP contribution in [0.3, 0.4) is 0 Å². The highest BCUT2D eigenvalue weighted by Gasteiger charge is 2.26. The maximum atomic E-state index is 13.6. The van der Waals surface area contributed by atoms with E-state index in [-0.39, 0.29) is 10.9 Å². The molecular weight excluding hydrogens is 525 g/mol. The highest BCUT2D eigenvalue weighted by atomic mass is 35.5. The number of ether oxygens (including phenoxy) is 1. The van der Waals surface area contributed by atoms with Crippen LogP contribution in [0, 0.1) is 11.7 Å². The average molecular weight is 558 g/mol. The van der Waals surface area contributed by atoms with Crippen molar-refractivity contribution in [3.8, 4) is 0 Å². The maximum absolute atomic E-state index is 13.6. The van der Waals surface area contributed by atoms with E-state index in [0.717, 1.165) is 66.2 Å². The summed E-state index contributed by atoms with van der Waals surface area (Å²) < 4.78 is 19.4. The SMILES string of the molecule is CC(C)CN(C/C=C/C(=O)N1CCc2c(sc3ncnc(Nc4ccc(F)c(Cl)c4)c23)C1)CC1CCCO1. The molecule has 4 heterocycles. The predicted molar refractivity (Wildman–Crippen MR) is 151 cm³/mol. The normalized spacial score (nSPS) is 17.7. The van der Waals surface area contributed by atoms with E-state index in [4.69, 9.17) is 16.3 Å². The van der Waals surface area contributed by atoms with Gasteiger partial charge in [-0.2, -0.15) is 0 Å². The third-order valence-electron chi connectivity index (χ3n) is 6.86. The molecule has 202 valence electrons. The number of anilines is 2. The quantitative estimate of drug-likeness (QED) is 0.335. The van der Waals surface area contributed by atoms with Gasteiger partial charge in [-0.1, -0.05) is 31.5 Å². The first-order chi connectivity index (χ1) is 18.4. The fourth-order valence-electron chi connectivity index (χ4n) is 5.15. The zero-order valence-corrected chi connectivity index (χ0v) is 23.3. The molecule has 38 heavy (non-hydrogen) atoms. The molecule has 2 aliphatic rings. The standard InChI is InChI=1S/C28H33ClFN5O2S/c1-18(2)14-34(15-20-5-4-12-37-20)10-3-6-25(36)35-11-9-21-24(16-35)38-28-26(21)27(31-17-32-28)33-19-7-8-23(30)22(29)13-19/h3,6-8,13,17-18,20H,4-5,9-12,14-16H2,1-2H3,(H,31,32,33)/b6-3+. The van der Waals surface area contributed by atoms with Crippen LogP contribution in [-0.4, -0.2) is 64.6 Å². The Morgan fingerprint density at radius 1 is 1.39 bits per heavy atom. The summed E-state index contributed by atoms with van der Waals surface area (Å²) in [5, 5.41) is 4.26. The summed E-state index contributed by atoms with van der Waals surface area (Å²) in [6, 6.07) is 4.50.